The second kappa shape index (κ2) is 7.07. The third kappa shape index (κ3) is 7.48. The Morgan fingerprint density at radius 2 is 1.60 bits per heavy atom. The molecule has 0 spiro atoms. The SMILES string of the molecule is CC(O)CC(C)(C)CNC(=O)C(C)NC(=O)C(C)(C)C. The average Bonchev–Trinajstić information content (AvgIpc) is 2.22. The number of nitrogens with one attached hydrogen (secondary N) is 2. The van der Waals surface area contributed by atoms with Gasteiger partial charge < -0.3 is 15.7 Å². The number of aliphatic hydroxyl groups is 1. The molecule has 0 fully saturated rings. The van der Waals surface area contributed by atoms with Gasteiger partial charge in [0.05, 0.1) is 6.10 Å². The van der Waals surface area contributed by atoms with Gasteiger partial charge in [-0.25, -0.2) is 0 Å². The van der Waals surface area contributed by atoms with E-state index >= 15 is 0 Å². The Morgan fingerprint density at radius 1 is 1.10 bits per heavy atom. The topological polar surface area (TPSA) is 78.4 Å². The van der Waals surface area contributed by atoms with Gasteiger partial charge in [0.15, 0.2) is 0 Å². The first-order valence-electron chi connectivity index (χ1n) is 7.12. The summed E-state index contributed by atoms with van der Waals surface area (Å²) < 4.78 is 0. The number of carbonyl (C=O) groups excluding carboxylic acids is 2. The molecule has 0 bridgehead atoms. The fraction of sp³-hybridized carbons (Fsp3) is 0.867. The molecule has 0 aliphatic heterocycles. The highest BCUT2D eigenvalue weighted by atomic mass is 16.3. The molecule has 2 atom stereocenters. The van der Waals surface area contributed by atoms with Crippen LogP contribution >= 0.6 is 0 Å². The van der Waals surface area contributed by atoms with E-state index in [-0.39, 0.29) is 17.2 Å². The molecule has 0 aliphatic rings. The minimum absolute atomic E-state index is 0.150. The standard InChI is InChI=1S/C15H30N2O3/c1-10(18)8-15(6,7)9-16-12(19)11(2)17-13(20)14(3,4)5/h10-11,18H,8-9H2,1-7H3,(H,16,19)(H,17,20). The zero-order chi connectivity index (χ0) is 16.1. The first kappa shape index (κ1) is 18.9. The van der Waals surface area contributed by atoms with Crippen molar-refractivity contribution in [3.63, 3.8) is 0 Å². The number of amides is 2. The minimum Gasteiger partial charge on any atom is -0.393 e. The molecule has 0 rings (SSSR count). The fourth-order valence-corrected chi connectivity index (χ4v) is 1.83. The summed E-state index contributed by atoms with van der Waals surface area (Å²) >= 11 is 0. The molecule has 5 heteroatoms. The second-order valence-corrected chi connectivity index (χ2v) is 7.38. The molecule has 0 aromatic carbocycles. The van der Waals surface area contributed by atoms with Crippen molar-refractivity contribution < 1.29 is 14.7 Å². The molecule has 0 heterocycles. The zero-order valence-electron chi connectivity index (χ0n) is 13.8. The predicted molar refractivity (Wildman–Crippen MR) is 80.1 cm³/mol. The molecular weight excluding hydrogens is 256 g/mol. The monoisotopic (exact) mass is 286 g/mol. The number of aliphatic hydroxyl groups excluding tert-OH is 1. The number of hydrogen-bond acceptors (Lipinski definition) is 3. The maximum absolute atomic E-state index is 11.9. The van der Waals surface area contributed by atoms with Crippen LogP contribution in [-0.4, -0.2) is 35.6 Å². The van der Waals surface area contributed by atoms with Crippen LogP contribution in [0.15, 0.2) is 0 Å². The van der Waals surface area contributed by atoms with Gasteiger partial charge in [0.1, 0.15) is 6.04 Å². The Hall–Kier alpha value is -1.10. The molecule has 0 aromatic rings. The Bertz CT molecular complexity index is 344. The van der Waals surface area contributed by atoms with Crippen LogP contribution in [0.4, 0.5) is 0 Å². The van der Waals surface area contributed by atoms with Gasteiger partial charge in [0, 0.05) is 12.0 Å². The summed E-state index contributed by atoms with van der Waals surface area (Å²) in [6.07, 6.45) is 0.204. The minimum atomic E-state index is -0.566. The van der Waals surface area contributed by atoms with Crippen LogP contribution in [0.5, 0.6) is 0 Å². The average molecular weight is 286 g/mol. The van der Waals surface area contributed by atoms with E-state index in [1.54, 1.807) is 34.6 Å². The number of carbonyl (C=O) groups is 2. The summed E-state index contributed by atoms with van der Waals surface area (Å²) in [5.74, 6) is -0.357. The van der Waals surface area contributed by atoms with Crippen molar-refractivity contribution in [2.75, 3.05) is 6.54 Å². The van der Waals surface area contributed by atoms with Crippen LogP contribution in [0.3, 0.4) is 0 Å². The summed E-state index contributed by atoms with van der Waals surface area (Å²) in [7, 11) is 0. The molecule has 0 aromatic heterocycles. The maximum atomic E-state index is 11.9. The lowest BCUT2D eigenvalue weighted by molar-refractivity contribution is -0.133. The lowest BCUT2D eigenvalue weighted by atomic mass is 9.87. The molecule has 5 nitrogen and oxygen atoms in total. The molecular formula is C15H30N2O3. The lowest BCUT2D eigenvalue weighted by Crippen LogP contribution is -2.49. The maximum Gasteiger partial charge on any atom is 0.242 e. The van der Waals surface area contributed by atoms with Crippen molar-refractivity contribution >= 4 is 11.8 Å². The van der Waals surface area contributed by atoms with Gasteiger partial charge in [-0.15, -0.1) is 0 Å². The van der Waals surface area contributed by atoms with Crippen LogP contribution in [0.1, 0.15) is 54.9 Å². The Morgan fingerprint density at radius 3 is 2.00 bits per heavy atom. The van der Waals surface area contributed by atoms with Gasteiger partial charge in [-0.1, -0.05) is 34.6 Å². The van der Waals surface area contributed by atoms with Gasteiger partial charge in [0.2, 0.25) is 11.8 Å². The zero-order valence-corrected chi connectivity index (χ0v) is 13.8. The van der Waals surface area contributed by atoms with Crippen molar-refractivity contribution in [3.8, 4) is 0 Å². The normalized spacial score (nSPS) is 15.4. The number of hydrogen-bond donors (Lipinski definition) is 3. The third-order valence-electron chi connectivity index (χ3n) is 3.01. The highest BCUT2D eigenvalue weighted by molar-refractivity contribution is 5.89. The highest BCUT2D eigenvalue weighted by Crippen LogP contribution is 2.21. The summed E-state index contributed by atoms with van der Waals surface area (Å²) in [6.45, 7) is 13.2. The van der Waals surface area contributed by atoms with Crippen LogP contribution in [0, 0.1) is 10.8 Å². The van der Waals surface area contributed by atoms with Gasteiger partial charge in [-0.2, -0.15) is 0 Å². The molecule has 0 saturated heterocycles. The molecule has 2 amide bonds. The van der Waals surface area contributed by atoms with E-state index in [1.165, 1.54) is 0 Å². The molecule has 0 aliphatic carbocycles. The van der Waals surface area contributed by atoms with Crippen molar-refractivity contribution in [2.45, 2.75) is 67.0 Å². The van der Waals surface area contributed by atoms with E-state index in [2.05, 4.69) is 10.6 Å². The van der Waals surface area contributed by atoms with Crippen LogP contribution in [-0.2, 0) is 9.59 Å². The summed E-state index contributed by atoms with van der Waals surface area (Å²) in [5.41, 5.74) is -0.697. The van der Waals surface area contributed by atoms with Gasteiger partial charge >= 0.3 is 0 Å². The molecule has 0 radical (unpaired) electrons. The first-order valence-corrected chi connectivity index (χ1v) is 7.12. The summed E-state index contributed by atoms with van der Waals surface area (Å²) in [4.78, 5) is 23.8. The lowest BCUT2D eigenvalue weighted by Gasteiger charge is -2.27. The van der Waals surface area contributed by atoms with Crippen molar-refractivity contribution in [3.05, 3.63) is 0 Å². The van der Waals surface area contributed by atoms with E-state index in [9.17, 15) is 14.7 Å². The van der Waals surface area contributed by atoms with E-state index in [0.29, 0.717) is 13.0 Å². The smallest absolute Gasteiger partial charge is 0.242 e. The van der Waals surface area contributed by atoms with E-state index in [0.717, 1.165) is 0 Å². The van der Waals surface area contributed by atoms with Gasteiger partial charge in [-0.3, -0.25) is 9.59 Å². The fourth-order valence-electron chi connectivity index (χ4n) is 1.83. The van der Waals surface area contributed by atoms with Crippen LogP contribution < -0.4 is 10.6 Å². The molecule has 0 saturated carbocycles. The van der Waals surface area contributed by atoms with Crippen molar-refractivity contribution in [2.24, 2.45) is 10.8 Å². The highest BCUT2D eigenvalue weighted by Gasteiger charge is 2.26. The number of rotatable bonds is 6. The van der Waals surface area contributed by atoms with Crippen molar-refractivity contribution in [1.82, 2.24) is 10.6 Å². The van der Waals surface area contributed by atoms with E-state index < -0.39 is 17.6 Å². The Labute approximate surface area is 122 Å². The summed E-state index contributed by atoms with van der Waals surface area (Å²) in [6, 6.07) is -0.566. The van der Waals surface area contributed by atoms with Gasteiger partial charge in [-0.05, 0) is 25.7 Å². The van der Waals surface area contributed by atoms with Crippen LogP contribution in [0.2, 0.25) is 0 Å². The summed E-state index contributed by atoms with van der Waals surface area (Å²) in [5, 5.41) is 14.9. The Balaban J connectivity index is 4.31. The molecule has 3 N–H and O–H groups in total. The molecule has 20 heavy (non-hydrogen) atoms. The van der Waals surface area contributed by atoms with Gasteiger partial charge in [0.25, 0.3) is 0 Å². The third-order valence-corrected chi connectivity index (χ3v) is 3.01. The predicted octanol–water partition coefficient (Wildman–Crippen LogP) is 1.45. The van der Waals surface area contributed by atoms with E-state index in [1.807, 2.05) is 13.8 Å². The molecule has 118 valence electrons. The van der Waals surface area contributed by atoms with Crippen molar-refractivity contribution in [1.29, 1.82) is 0 Å². The Kier molecular flexibility index (Phi) is 6.68. The van der Waals surface area contributed by atoms with E-state index in [4.69, 9.17) is 0 Å². The quantitative estimate of drug-likeness (QED) is 0.691. The largest absolute Gasteiger partial charge is 0.393 e. The van der Waals surface area contributed by atoms with Crippen LogP contribution in [0.25, 0.3) is 0 Å². The first-order chi connectivity index (χ1) is 8.85. The molecule has 2 unspecified atom stereocenters. The second-order valence-electron chi connectivity index (χ2n) is 7.38.